The van der Waals surface area contributed by atoms with Gasteiger partial charge in [-0.15, -0.1) is 0 Å². The van der Waals surface area contributed by atoms with Crippen molar-refractivity contribution in [3.8, 4) is 0 Å². The van der Waals surface area contributed by atoms with Gasteiger partial charge in [0, 0.05) is 38.8 Å². The molecule has 0 atom stereocenters. The number of aryl methyl sites for hydroxylation is 1. The summed E-state index contributed by atoms with van der Waals surface area (Å²) >= 11 is 0. The molecule has 1 aliphatic rings. The molecule has 1 nitrogen and oxygen atoms in total. The van der Waals surface area contributed by atoms with E-state index in [2.05, 4.69) is 86.6 Å². The molecule has 3 heteroatoms. The minimum Gasteiger partial charge on any atom is -0.201 e. The van der Waals surface area contributed by atoms with Crippen LogP contribution in [0.1, 0.15) is 18.2 Å². The van der Waals surface area contributed by atoms with Crippen LogP contribution >= 0.6 is 0 Å². The molecular formula is C19H16BNY+. The van der Waals surface area contributed by atoms with Gasteiger partial charge in [0.25, 0.3) is 0 Å². The Kier molecular flexibility index (Phi) is 4.34. The monoisotopic (exact) mass is 358 g/mol. The molecule has 0 unspecified atom stereocenters. The molecule has 2 radical (unpaired) electrons. The number of pyridine rings is 1. The van der Waals surface area contributed by atoms with Gasteiger partial charge in [0.1, 0.15) is 7.05 Å². The summed E-state index contributed by atoms with van der Waals surface area (Å²) in [4.78, 5) is 0. The van der Waals surface area contributed by atoms with Gasteiger partial charge >= 0.3 is 0 Å². The Morgan fingerprint density at radius 3 is 2.45 bits per heavy atom. The van der Waals surface area contributed by atoms with E-state index in [-0.39, 0.29) is 32.7 Å². The Labute approximate surface area is 157 Å². The third-order valence-corrected chi connectivity index (χ3v) is 4.37. The van der Waals surface area contributed by atoms with E-state index >= 15 is 0 Å². The van der Waals surface area contributed by atoms with Crippen LogP contribution in [-0.4, -0.2) is 7.28 Å². The van der Waals surface area contributed by atoms with Gasteiger partial charge in [0.05, 0.1) is 5.39 Å². The molecule has 0 N–H and O–H groups in total. The summed E-state index contributed by atoms with van der Waals surface area (Å²) in [5.74, 6) is 0. The molecule has 3 aromatic rings. The van der Waals surface area contributed by atoms with Crippen molar-refractivity contribution in [3.05, 3.63) is 72.1 Å². The Morgan fingerprint density at radius 2 is 1.64 bits per heavy atom. The SMILES string of the molecule is CC1=C(c2c3ccccc3cc[n+]2C)[B]c2ccccc21.[Y]. The minimum atomic E-state index is 0. The third-order valence-electron chi connectivity index (χ3n) is 4.37. The van der Waals surface area contributed by atoms with Crippen molar-refractivity contribution in [3.63, 3.8) is 0 Å². The van der Waals surface area contributed by atoms with E-state index in [0.29, 0.717) is 0 Å². The van der Waals surface area contributed by atoms with Crippen LogP contribution in [0.25, 0.3) is 21.8 Å². The normalized spacial score (nSPS) is 12.8. The molecule has 4 rings (SSSR count). The number of hydrogen-bond acceptors (Lipinski definition) is 0. The zero-order valence-electron chi connectivity index (χ0n) is 12.9. The Bertz CT molecular complexity index is 899. The van der Waals surface area contributed by atoms with Crippen LogP contribution in [0.3, 0.4) is 0 Å². The van der Waals surface area contributed by atoms with Crippen LogP contribution < -0.4 is 10.0 Å². The summed E-state index contributed by atoms with van der Waals surface area (Å²) in [5.41, 5.74) is 6.65. The first-order valence-corrected chi connectivity index (χ1v) is 7.28. The number of benzene rings is 2. The molecule has 0 aliphatic carbocycles. The molecule has 22 heavy (non-hydrogen) atoms. The summed E-state index contributed by atoms with van der Waals surface area (Å²) in [7, 11) is 4.44. The van der Waals surface area contributed by atoms with Gasteiger partial charge in [-0.1, -0.05) is 47.9 Å². The molecule has 2 heterocycles. The van der Waals surface area contributed by atoms with Crippen molar-refractivity contribution in [2.24, 2.45) is 7.05 Å². The number of nitrogens with zero attached hydrogens (tertiary/aromatic N) is 1. The van der Waals surface area contributed by atoms with Gasteiger partial charge in [-0.2, -0.15) is 0 Å². The van der Waals surface area contributed by atoms with Crippen LogP contribution in [0.15, 0.2) is 60.8 Å². The van der Waals surface area contributed by atoms with Crippen LogP contribution in [-0.2, 0) is 39.8 Å². The number of hydrogen-bond donors (Lipinski definition) is 0. The largest absolute Gasteiger partial charge is 0.207 e. The Morgan fingerprint density at radius 1 is 0.909 bits per heavy atom. The first kappa shape index (κ1) is 15.6. The molecule has 0 saturated carbocycles. The number of aromatic nitrogens is 1. The molecule has 0 spiro atoms. The average molecular weight is 358 g/mol. The van der Waals surface area contributed by atoms with E-state index in [4.69, 9.17) is 0 Å². The smallest absolute Gasteiger partial charge is 0.201 e. The summed E-state index contributed by atoms with van der Waals surface area (Å²) in [6.45, 7) is 2.22. The van der Waals surface area contributed by atoms with Crippen molar-refractivity contribution in [1.29, 1.82) is 0 Å². The van der Waals surface area contributed by atoms with Crippen molar-refractivity contribution >= 4 is 34.6 Å². The maximum absolute atomic E-state index is 2.31. The van der Waals surface area contributed by atoms with E-state index in [0.717, 1.165) is 0 Å². The number of rotatable bonds is 1. The molecule has 102 valence electrons. The molecule has 1 aromatic heterocycles. The van der Waals surface area contributed by atoms with Crippen molar-refractivity contribution in [1.82, 2.24) is 0 Å². The molecule has 1 aliphatic heterocycles. The quantitative estimate of drug-likeness (QED) is 0.465. The topological polar surface area (TPSA) is 3.88 Å². The molecule has 0 saturated heterocycles. The van der Waals surface area contributed by atoms with Crippen LogP contribution in [0, 0.1) is 0 Å². The number of fused-ring (bicyclic) bond motifs is 2. The second-order valence-corrected chi connectivity index (χ2v) is 5.63. The first-order chi connectivity index (χ1) is 10.3. The van der Waals surface area contributed by atoms with Crippen LogP contribution in [0.2, 0.25) is 0 Å². The van der Waals surface area contributed by atoms with Crippen LogP contribution in [0.4, 0.5) is 0 Å². The standard InChI is InChI=1S/C19H16BN.Y/c1-13-15-8-5-6-10-17(15)20-18(13)19-16-9-4-3-7-14(16)11-12-21(19)2;/h3-12H,1-2H3;/q+1;. The fourth-order valence-electron chi connectivity index (χ4n) is 3.27. The van der Waals surface area contributed by atoms with Gasteiger partial charge in [-0.05, 0) is 35.0 Å². The Hall–Kier alpha value is -1.24. The summed E-state index contributed by atoms with van der Waals surface area (Å²) in [6, 6.07) is 19.4. The van der Waals surface area contributed by atoms with Gasteiger partial charge in [-0.3, -0.25) is 0 Å². The maximum atomic E-state index is 2.31. The van der Waals surface area contributed by atoms with Crippen molar-refractivity contribution < 1.29 is 37.3 Å². The minimum absolute atomic E-state index is 0. The van der Waals surface area contributed by atoms with E-state index < -0.39 is 0 Å². The summed E-state index contributed by atoms with van der Waals surface area (Å²) in [5, 5.41) is 2.59. The molecule has 0 bridgehead atoms. The zero-order valence-corrected chi connectivity index (χ0v) is 15.7. The first-order valence-electron chi connectivity index (χ1n) is 7.28. The molecule has 2 aromatic carbocycles. The van der Waals surface area contributed by atoms with E-state index in [9.17, 15) is 0 Å². The fourth-order valence-corrected chi connectivity index (χ4v) is 3.27. The predicted octanol–water partition coefficient (Wildman–Crippen LogP) is 2.89. The molecule has 0 amide bonds. The van der Waals surface area contributed by atoms with E-state index in [1.54, 1.807) is 0 Å². The van der Waals surface area contributed by atoms with E-state index in [1.807, 2.05) is 0 Å². The van der Waals surface area contributed by atoms with Crippen LogP contribution in [0.5, 0.6) is 0 Å². The second kappa shape index (κ2) is 6.10. The predicted molar refractivity (Wildman–Crippen MR) is 89.4 cm³/mol. The third kappa shape index (κ3) is 2.39. The molecule has 0 fully saturated rings. The average Bonchev–Trinajstić information content (AvgIpc) is 2.84. The van der Waals surface area contributed by atoms with Gasteiger partial charge in [0.15, 0.2) is 6.20 Å². The summed E-state index contributed by atoms with van der Waals surface area (Å²) < 4.78 is 2.23. The number of allylic oxidation sites excluding steroid dienone is 1. The van der Waals surface area contributed by atoms with Gasteiger partial charge < -0.3 is 0 Å². The maximum Gasteiger partial charge on any atom is 0.207 e. The van der Waals surface area contributed by atoms with Gasteiger partial charge in [-0.25, -0.2) is 4.57 Å². The van der Waals surface area contributed by atoms with Crippen molar-refractivity contribution in [2.75, 3.05) is 0 Å². The Balaban J connectivity index is 0.00000144. The molecular weight excluding hydrogens is 342 g/mol. The second-order valence-electron chi connectivity index (χ2n) is 5.63. The zero-order chi connectivity index (χ0) is 14.4. The van der Waals surface area contributed by atoms with Crippen molar-refractivity contribution in [2.45, 2.75) is 6.92 Å². The summed E-state index contributed by atoms with van der Waals surface area (Å²) in [6.07, 6.45) is 2.15. The van der Waals surface area contributed by atoms with E-state index in [1.165, 1.54) is 38.5 Å². The van der Waals surface area contributed by atoms with Gasteiger partial charge in [0.2, 0.25) is 13.0 Å². The fraction of sp³-hybridized carbons (Fsp3) is 0.105.